The Morgan fingerprint density at radius 3 is 1.05 bits per heavy atom. The summed E-state index contributed by atoms with van der Waals surface area (Å²) in [7, 11) is -6.00. The number of halogens is 4. The van der Waals surface area contributed by atoms with E-state index in [0.29, 0.717) is 0 Å². The van der Waals surface area contributed by atoms with E-state index >= 15 is 0 Å². The molecule has 2 rings (SSSR count). The topological polar surface area (TPSA) is 0 Å². The Balaban J connectivity index is 0.000000396. The normalized spacial score (nSPS) is 9.58. The molecular formula is C13H15BF4S. The van der Waals surface area contributed by atoms with Gasteiger partial charge in [-0.3, -0.25) is 0 Å². The van der Waals surface area contributed by atoms with E-state index < -0.39 is 7.25 Å². The van der Waals surface area contributed by atoms with Crippen molar-refractivity contribution in [3.05, 3.63) is 60.7 Å². The van der Waals surface area contributed by atoms with Crippen LogP contribution in [0.3, 0.4) is 0 Å². The van der Waals surface area contributed by atoms with Crippen LogP contribution in [0.1, 0.15) is 0 Å². The first-order chi connectivity index (χ1) is 8.97. The lowest BCUT2D eigenvalue weighted by Crippen LogP contribution is -2.02. The largest absolute Gasteiger partial charge is 0.673 e. The van der Waals surface area contributed by atoms with Crippen molar-refractivity contribution in [2.24, 2.45) is 0 Å². The van der Waals surface area contributed by atoms with Crippen LogP contribution in [0.2, 0.25) is 0 Å². The zero-order chi connectivity index (χ0) is 14.7. The van der Waals surface area contributed by atoms with Crippen LogP contribution in [0.4, 0.5) is 17.3 Å². The maximum Gasteiger partial charge on any atom is 0.673 e. The Morgan fingerprint density at radius 2 is 0.842 bits per heavy atom. The fourth-order valence-corrected chi connectivity index (χ4v) is 1.26. The van der Waals surface area contributed by atoms with Gasteiger partial charge in [-0.1, -0.05) is 60.7 Å². The quantitative estimate of drug-likeness (QED) is 0.418. The first-order valence-electron chi connectivity index (χ1n) is 5.44. The highest BCUT2D eigenvalue weighted by molar-refractivity contribution is 7.57. The molecule has 2 aromatic carbocycles. The predicted octanol–water partition coefficient (Wildman–Crippen LogP) is 4.28. The molecule has 6 heteroatoms. The lowest BCUT2D eigenvalue weighted by Gasteiger charge is -1.98. The number of rotatable bonds is 1. The Morgan fingerprint density at radius 1 is 0.632 bits per heavy atom. The maximum absolute atomic E-state index is 9.75. The van der Waals surface area contributed by atoms with E-state index in [1.165, 1.54) is 11.1 Å². The summed E-state index contributed by atoms with van der Waals surface area (Å²) in [5.41, 5.74) is 2.55. The molecular weight excluding hydrogens is 275 g/mol. The highest BCUT2D eigenvalue weighted by Crippen LogP contribution is 2.17. The molecule has 104 valence electrons. The average molecular weight is 290 g/mol. The van der Waals surface area contributed by atoms with Crippen LogP contribution in [0.15, 0.2) is 60.7 Å². The molecule has 0 fully saturated rings. The van der Waals surface area contributed by atoms with Crippen LogP contribution >= 0.6 is 0 Å². The molecule has 0 saturated heterocycles. The highest BCUT2D eigenvalue weighted by Gasteiger charge is 2.20. The summed E-state index contributed by atoms with van der Waals surface area (Å²) in [5, 5.41) is 0. The Hall–Kier alpha value is -1.43. The minimum atomic E-state index is -6.00. The van der Waals surface area contributed by atoms with Gasteiger partial charge in [0.05, 0.1) is 6.26 Å². The highest BCUT2D eigenvalue weighted by atomic mass is 32.1. The lowest BCUT2D eigenvalue weighted by atomic mass is 10.1. The van der Waals surface area contributed by atoms with Gasteiger partial charge in [-0.05, 0) is 23.8 Å². The van der Waals surface area contributed by atoms with Crippen LogP contribution < -0.4 is 0 Å². The van der Waals surface area contributed by atoms with Crippen LogP contribution in [0.5, 0.6) is 0 Å². The van der Waals surface area contributed by atoms with Gasteiger partial charge in [-0.15, -0.1) is 0 Å². The summed E-state index contributed by atoms with van der Waals surface area (Å²) in [6.07, 6.45) is 1.81. The average Bonchev–Trinajstić information content (AvgIpc) is 2.41. The first kappa shape index (κ1) is 17.6. The molecule has 2 aromatic rings. The molecule has 0 N–H and O–H groups in total. The zero-order valence-electron chi connectivity index (χ0n) is 10.4. The minimum Gasteiger partial charge on any atom is -0.418 e. The molecule has 0 radical (unpaired) electrons. The van der Waals surface area contributed by atoms with Gasteiger partial charge >= 0.3 is 7.25 Å². The third-order valence-corrected chi connectivity index (χ3v) is 1.88. The molecule has 0 spiro atoms. The molecule has 0 aliphatic rings. The van der Waals surface area contributed by atoms with E-state index in [2.05, 4.69) is 61.2 Å². The van der Waals surface area contributed by atoms with E-state index in [0.717, 1.165) is 0 Å². The van der Waals surface area contributed by atoms with E-state index in [1.54, 1.807) is 6.26 Å². The molecule has 0 aromatic heterocycles. The van der Waals surface area contributed by atoms with Gasteiger partial charge in [-0.2, -0.15) is 0 Å². The molecule has 0 aliphatic carbocycles. The Labute approximate surface area is 116 Å². The van der Waals surface area contributed by atoms with Crippen molar-refractivity contribution < 1.29 is 17.3 Å². The molecule has 0 aliphatic heterocycles. The molecule has 0 nitrogen and oxygen atoms in total. The van der Waals surface area contributed by atoms with Crippen LogP contribution in [0.25, 0.3) is 11.1 Å². The molecule has 19 heavy (non-hydrogen) atoms. The summed E-state index contributed by atoms with van der Waals surface area (Å²) in [6, 6.07) is 20.8. The summed E-state index contributed by atoms with van der Waals surface area (Å²) in [6.45, 7) is 0. The van der Waals surface area contributed by atoms with Crippen molar-refractivity contribution in [3.63, 3.8) is 0 Å². The van der Waals surface area contributed by atoms with Crippen molar-refractivity contribution in [2.45, 2.75) is 0 Å². The van der Waals surface area contributed by atoms with Gasteiger partial charge in [0.15, 0.2) is 0 Å². The summed E-state index contributed by atoms with van der Waals surface area (Å²) < 4.78 is 39.0. The second kappa shape index (κ2) is 9.50. The van der Waals surface area contributed by atoms with Crippen molar-refractivity contribution in [1.82, 2.24) is 0 Å². The Kier molecular flexibility index (Phi) is 8.79. The number of hydrogen-bond donors (Lipinski definition) is 0. The van der Waals surface area contributed by atoms with E-state index in [4.69, 9.17) is 0 Å². The summed E-state index contributed by atoms with van der Waals surface area (Å²) >= 11 is 2.97. The van der Waals surface area contributed by atoms with Crippen LogP contribution in [0, 0.1) is 0 Å². The predicted molar refractivity (Wildman–Crippen MR) is 78.1 cm³/mol. The third-order valence-electron chi connectivity index (χ3n) is 1.88. The standard InChI is InChI=1S/C12H10.CH4S.BF4/c1-3-7-11(8-4-1)12-9-5-2-6-10-12;1-2;2-1(3,4)5/h1-10H;2H,1H3;/q;;-1/p+1. The van der Waals surface area contributed by atoms with Crippen molar-refractivity contribution in [3.8, 4) is 11.1 Å². The molecule has 0 heterocycles. The van der Waals surface area contributed by atoms with Gasteiger partial charge in [0, 0.05) is 0 Å². The van der Waals surface area contributed by atoms with Gasteiger partial charge in [0.25, 0.3) is 0 Å². The molecule has 0 atom stereocenters. The lowest BCUT2D eigenvalue weighted by molar-refractivity contribution is 0.368. The SMILES string of the molecule is C[SH2+].F[B-](F)(F)F.c1ccc(-c2ccccc2)cc1. The minimum absolute atomic E-state index is 1.28. The monoisotopic (exact) mass is 290 g/mol. The van der Waals surface area contributed by atoms with Crippen molar-refractivity contribution in [1.29, 1.82) is 0 Å². The van der Waals surface area contributed by atoms with Gasteiger partial charge < -0.3 is 17.3 Å². The fraction of sp³-hybridized carbons (Fsp3) is 0.0769. The van der Waals surface area contributed by atoms with E-state index in [1.807, 2.05) is 12.1 Å². The van der Waals surface area contributed by atoms with E-state index in [-0.39, 0.29) is 0 Å². The fourth-order valence-electron chi connectivity index (χ4n) is 1.26. The van der Waals surface area contributed by atoms with Crippen LogP contribution in [-0.4, -0.2) is 13.5 Å². The first-order valence-corrected chi connectivity index (χ1v) is 6.44. The second-order valence-corrected chi connectivity index (χ2v) is 3.23. The Bertz CT molecular complexity index is 388. The number of benzene rings is 2. The van der Waals surface area contributed by atoms with Gasteiger partial charge in [-0.25, -0.2) is 0 Å². The van der Waals surface area contributed by atoms with Gasteiger partial charge in [0.2, 0.25) is 0 Å². The number of hydrogen-bond acceptors (Lipinski definition) is 0. The van der Waals surface area contributed by atoms with Crippen molar-refractivity contribution >= 4 is 19.9 Å². The maximum atomic E-state index is 9.75. The zero-order valence-corrected chi connectivity index (χ0v) is 11.4. The van der Waals surface area contributed by atoms with Crippen LogP contribution in [-0.2, 0) is 12.6 Å². The molecule has 0 bridgehead atoms. The molecule has 0 amide bonds. The smallest absolute Gasteiger partial charge is 0.418 e. The summed E-state index contributed by atoms with van der Waals surface area (Å²) in [4.78, 5) is 0. The molecule has 0 saturated carbocycles. The van der Waals surface area contributed by atoms with Crippen molar-refractivity contribution in [2.75, 3.05) is 6.26 Å². The van der Waals surface area contributed by atoms with E-state index in [9.17, 15) is 17.3 Å². The van der Waals surface area contributed by atoms with Gasteiger partial charge in [0.1, 0.15) is 0 Å². The summed E-state index contributed by atoms with van der Waals surface area (Å²) in [5.74, 6) is 0. The third kappa shape index (κ3) is 10.2. The second-order valence-electron chi connectivity index (χ2n) is 3.23. The molecule has 0 unspecified atom stereocenters.